The van der Waals surface area contributed by atoms with Crippen molar-refractivity contribution in [2.75, 3.05) is 18.7 Å². The van der Waals surface area contributed by atoms with Crippen LogP contribution < -0.4 is 25.1 Å². The van der Waals surface area contributed by atoms with Gasteiger partial charge < -0.3 is 19.5 Å². The summed E-state index contributed by atoms with van der Waals surface area (Å²) in [6.45, 7) is 1.96. The van der Waals surface area contributed by atoms with Gasteiger partial charge in [0.05, 0.1) is 6.61 Å². The molecule has 3 heterocycles. The topological polar surface area (TPSA) is 105 Å². The molecule has 0 atom stereocenters. The zero-order chi connectivity index (χ0) is 18.8. The van der Waals surface area contributed by atoms with Crippen molar-refractivity contribution in [3.8, 4) is 17.4 Å². The lowest BCUT2D eigenvalue weighted by Crippen LogP contribution is -2.30. The van der Waals surface area contributed by atoms with Crippen LogP contribution in [-0.2, 0) is 11.3 Å². The van der Waals surface area contributed by atoms with Gasteiger partial charge in [0.2, 0.25) is 12.7 Å². The van der Waals surface area contributed by atoms with E-state index in [1.54, 1.807) is 37.3 Å². The van der Waals surface area contributed by atoms with Crippen molar-refractivity contribution < 1.29 is 19.0 Å². The van der Waals surface area contributed by atoms with E-state index in [1.807, 2.05) is 0 Å². The first-order valence-electron chi connectivity index (χ1n) is 8.33. The molecule has 0 saturated heterocycles. The summed E-state index contributed by atoms with van der Waals surface area (Å²) in [5, 5.41) is 2.74. The Bertz CT molecular complexity index is 1080. The molecule has 0 spiro atoms. The van der Waals surface area contributed by atoms with E-state index in [4.69, 9.17) is 14.2 Å². The Morgan fingerprint density at radius 1 is 1.30 bits per heavy atom. The molecule has 0 fully saturated rings. The highest BCUT2D eigenvalue weighted by atomic mass is 16.7. The maximum atomic E-state index is 12.6. The summed E-state index contributed by atoms with van der Waals surface area (Å²) in [5.41, 5.74) is 0.806. The average molecular weight is 368 g/mol. The van der Waals surface area contributed by atoms with Crippen LogP contribution in [0.1, 0.15) is 6.92 Å². The lowest BCUT2D eigenvalue weighted by atomic mass is 10.2. The average Bonchev–Trinajstić information content (AvgIpc) is 3.13. The molecule has 138 valence electrons. The number of nitrogens with zero attached hydrogens (tertiary/aromatic N) is 3. The largest absolute Gasteiger partial charge is 0.474 e. The summed E-state index contributed by atoms with van der Waals surface area (Å²) in [6, 6.07) is 8.48. The quantitative estimate of drug-likeness (QED) is 0.729. The zero-order valence-corrected chi connectivity index (χ0v) is 14.5. The van der Waals surface area contributed by atoms with Gasteiger partial charge in [-0.3, -0.25) is 14.2 Å². The molecule has 0 saturated carbocycles. The zero-order valence-electron chi connectivity index (χ0n) is 14.5. The number of ether oxygens (including phenoxy) is 3. The highest BCUT2D eigenvalue weighted by Gasteiger charge is 2.17. The third kappa shape index (κ3) is 3.26. The third-order valence-electron chi connectivity index (χ3n) is 3.91. The van der Waals surface area contributed by atoms with Crippen LogP contribution in [0.25, 0.3) is 11.2 Å². The Morgan fingerprint density at radius 2 is 2.15 bits per heavy atom. The number of fused-ring (bicyclic) bond motifs is 2. The lowest BCUT2D eigenvalue weighted by molar-refractivity contribution is -0.116. The molecule has 0 aliphatic carbocycles. The van der Waals surface area contributed by atoms with E-state index in [0.717, 1.165) is 0 Å². The SMILES string of the molecule is CCOc1nc2cccnc2n(CC(=O)Nc2ccc3c(c2)OCO3)c1=O. The molecule has 4 rings (SSSR count). The standard InChI is InChI=1S/C18H16N4O5/c1-2-25-17-18(24)22(16-12(21-17)4-3-7-19-16)9-15(23)20-11-5-6-13-14(8-11)27-10-26-13/h3-8H,2,9-10H2,1H3,(H,20,23). The van der Waals surface area contributed by atoms with E-state index in [0.29, 0.717) is 28.4 Å². The van der Waals surface area contributed by atoms with Crippen molar-refractivity contribution in [2.24, 2.45) is 0 Å². The minimum absolute atomic E-state index is 0.0612. The summed E-state index contributed by atoms with van der Waals surface area (Å²) in [7, 11) is 0. The number of aromatic nitrogens is 3. The molecular formula is C18H16N4O5. The van der Waals surface area contributed by atoms with Gasteiger partial charge >= 0.3 is 5.56 Å². The summed E-state index contributed by atoms with van der Waals surface area (Å²) in [4.78, 5) is 33.5. The van der Waals surface area contributed by atoms with E-state index < -0.39 is 11.5 Å². The number of hydrogen-bond acceptors (Lipinski definition) is 7. The van der Waals surface area contributed by atoms with E-state index in [1.165, 1.54) is 10.8 Å². The second kappa shape index (κ2) is 6.94. The number of nitrogens with one attached hydrogen (secondary N) is 1. The number of rotatable bonds is 5. The van der Waals surface area contributed by atoms with Crippen molar-refractivity contribution in [1.29, 1.82) is 0 Å². The first-order chi connectivity index (χ1) is 13.2. The molecule has 27 heavy (non-hydrogen) atoms. The predicted octanol–water partition coefficient (Wildman–Crippen LogP) is 1.56. The fourth-order valence-corrected chi connectivity index (χ4v) is 2.75. The van der Waals surface area contributed by atoms with Crippen LogP contribution in [0, 0.1) is 0 Å². The number of carbonyl (C=O) groups is 1. The van der Waals surface area contributed by atoms with Gasteiger partial charge in [0.25, 0.3) is 5.88 Å². The van der Waals surface area contributed by atoms with Gasteiger partial charge in [-0.05, 0) is 31.2 Å². The minimum Gasteiger partial charge on any atom is -0.474 e. The van der Waals surface area contributed by atoms with Crippen LogP contribution in [0.4, 0.5) is 5.69 Å². The minimum atomic E-state index is -0.510. The van der Waals surface area contributed by atoms with E-state index in [-0.39, 0.29) is 25.8 Å². The molecule has 0 unspecified atom stereocenters. The summed E-state index contributed by atoms with van der Waals surface area (Å²) >= 11 is 0. The Balaban J connectivity index is 1.63. The summed E-state index contributed by atoms with van der Waals surface area (Å²) in [6.07, 6.45) is 1.54. The van der Waals surface area contributed by atoms with Crippen LogP contribution in [-0.4, -0.2) is 33.8 Å². The molecule has 9 heteroatoms. The van der Waals surface area contributed by atoms with Gasteiger partial charge in [-0.15, -0.1) is 0 Å². The third-order valence-corrected chi connectivity index (χ3v) is 3.91. The molecule has 1 N–H and O–H groups in total. The van der Waals surface area contributed by atoms with Crippen molar-refractivity contribution in [2.45, 2.75) is 13.5 Å². The number of anilines is 1. The molecule has 0 radical (unpaired) electrons. The highest BCUT2D eigenvalue weighted by Crippen LogP contribution is 2.34. The molecule has 1 aliphatic heterocycles. The van der Waals surface area contributed by atoms with Gasteiger partial charge in [-0.25, -0.2) is 9.97 Å². The molecule has 1 amide bonds. The summed E-state index contributed by atoms with van der Waals surface area (Å²) < 4.78 is 17.1. The van der Waals surface area contributed by atoms with Gasteiger partial charge in [0.1, 0.15) is 12.1 Å². The number of carbonyl (C=O) groups excluding carboxylic acids is 1. The molecule has 2 aromatic heterocycles. The van der Waals surface area contributed by atoms with E-state index >= 15 is 0 Å². The number of benzene rings is 1. The van der Waals surface area contributed by atoms with Gasteiger partial charge in [-0.2, -0.15) is 0 Å². The number of hydrogen-bond donors (Lipinski definition) is 1. The smallest absolute Gasteiger partial charge is 0.315 e. The molecule has 1 aromatic carbocycles. The highest BCUT2D eigenvalue weighted by molar-refractivity contribution is 5.91. The Hall–Kier alpha value is -3.62. The normalized spacial score (nSPS) is 12.2. The van der Waals surface area contributed by atoms with E-state index in [2.05, 4.69) is 15.3 Å². The lowest BCUT2D eigenvalue weighted by Gasteiger charge is -2.12. The van der Waals surface area contributed by atoms with Crippen LogP contribution in [0.2, 0.25) is 0 Å². The monoisotopic (exact) mass is 368 g/mol. The number of amides is 1. The molecular weight excluding hydrogens is 352 g/mol. The first kappa shape index (κ1) is 16.8. The molecule has 3 aromatic rings. The molecule has 0 bridgehead atoms. The summed E-state index contributed by atoms with van der Waals surface area (Å²) in [5.74, 6) is 0.722. The van der Waals surface area contributed by atoms with Crippen LogP contribution in [0.15, 0.2) is 41.3 Å². The van der Waals surface area contributed by atoms with Crippen molar-refractivity contribution in [1.82, 2.24) is 14.5 Å². The second-order valence-electron chi connectivity index (χ2n) is 5.70. The van der Waals surface area contributed by atoms with Crippen LogP contribution >= 0.6 is 0 Å². The van der Waals surface area contributed by atoms with Gasteiger partial charge in [0.15, 0.2) is 17.1 Å². The maximum Gasteiger partial charge on any atom is 0.315 e. The van der Waals surface area contributed by atoms with Crippen molar-refractivity contribution in [3.63, 3.8) is 0 Å². The van der Waals surface area contributed by atoms with Gasteiger partial charge in [0, 0.05) is 18.0 Å². The van der Waals surface area contributed by atoms with Crippen LogP contribution in [0.3, 0.4) is 0 Å². The second-order valence-corrected chi connectivity index (χ2v) is 5.70. The van der Waals surface area contributed by atoms with Gasteiger partial charge in [-0.1, -0.05) is 0 Å². The molecule has 9 nitrogen and oxygen atoms in total. The Labute approximate surface area is 153 Å². The van der Waals surface area contributed by atoms with Crippen molar-refractivity contribution in [3.05, 3.63) is 46.9 Å². The fourth-order valence-electron chi connectivity index (χ4n) is 2.75. The predicted molar refractivity (Wildman–Crippen MR) is 96.2 cm³/mol. The fraction of sp³-hybridized carbons (Fsp3) is 0.222. The van der Waals surface area contributed by atoms with Crippen molar-refractivity contribution >= 4 is 22.8 Å². The maximum absolute atomic E-state index is 12.6. The Kier molecular flexibility index (Phi) is 4.33. The molecule has 1 aliphatic rings. The van der Waals surface area contributed by atoms with Crippen LogP contribution in [0.5, 0.6) is 17.4 Å². The first-order valence-corrected chi connectivity index (χ1v) is 8.33. The Morgan fingerprint density at radius 3 is 3.00 bits per heavy atom. The van der Waals surface area contributed by atoms with E-state index in [9.17, 15) is 9.59 Å². The number of pyridine rings is 1.